The zero-order valence-electron chi connectivity index (χ0n) is 27.3. The van der Waals surface area contributed by atoms with Crippen molar-refractivity contribution in [2.45, 2.75) is 50.9 Å². The van der Waals surface area contributed by atoms with Crippen LogP contribution in [0.2, 0.25) is 0 Å². The maximum Gasteiger partial charge on any atom is 0.254 e. The number of ether oxygens (including phenoxy) is 2. The van der Waals surface area contributed by atoms with Gasteiger partial charge >= 0.3 is 0 Å². The molecule has 0 spiro atoms. The molecule has 248 valence electrons. The number of rotatable bonds is 7. The molecule has 5 heterocycles. The predicted molar refractivity (Wildman–Crippen MR) is 181 cm³/mol. The first-order valence-electron chi connectivity index (χ1n) is 16.5. The predicted octanol–water partition coefficient (Wildman–Crippen LogP) is 5.08. The van der Waals surface area contributed by atoms with Crippen LogP contribution in [0.4, 0.5) is 10.1 Å². The molecule has 11 nitrogen and oxygen atoms in total. The normalized spacial score (nSPS) is 19.4. The average Bonchev–Trinajstić information content (AvgIpc) is 3.75. The molecular formula is C36H38FN7O4. The number of halogens is 1. The maximum absolute atomic E-state index is 14.3. The van der Waals surface area contributed by atoms with E-state index in [2.05, 4.69) is 28.1 Å². The van der Waals surface area contributed by atoms with Gasteiger partial charge in [0, 0.05) is 60.9 Å². The van der Waals surface area contributed by atoms with Crippen molar-refractivity contribution in [3.05, 3.63) is 53.6 Å². The van der Waals surface area contributed by atoms with Crippen LogP contribution in [0.25, 0.3) is 44.8 Å². The fourth-order valence-electron chi connectivity index (χ4n) is 7.23. The number of anilines is 1. The molecule has 2 fully saturated rings. The van der Waals surface area contributed by atoms with Crippen molar-refractivity contribution in [2.24, 2.45) is 18.7 Å². The minimum atomic E-state index is -1.15. The summed E-state index contributed by atoms with van der Waals surface area (Å²) in [4.78, 5) is 37.3. The number of methoxy groups -OCH3 is 2. The van der Waals surface area contributed by atoms with E-state index in [0.717, 1.165) is 70.0 Å². The highest BCUT2D eigenvalue weighted by Crippen LogP contribution is 2.40. The van der Waals surface area contributed by atoms with Gasteiger partial charge in [-0.25, -0.2) is 14.4 Å². The summed E-state index contributed by atoms with van der Waals surface area (Å²) in [6.07, 6.45) is 2.52. The lowest BCUT2D eigenvalue weighted by Crippen LogP contribution is -2.50. The minimum absolute atomic E-state index is 0.00587. The van der Waals surface area contributed by atoms with Crippen molar-refractivity contribution in [3.63, 3.8) is 0 Å². The second-order valence-electron chi connectivity index (χ2n) is 13.3. The summed E-state index contributed by atoms with van der Waals surface area (Å²) in [5.41, 5.74) is 13.0. The summed E-state index contributed by atoms with van der Waals surface area (Å²) in [7, 11) is 5.14. The summed E-state index contributed by atoms with van der Waals surface area (Å²) in [6, 6.07) is 13.2. The smallest absolute Gasteiger partial charge is 0.254 e. The molecule has 1 saturated heterocycles. The third kappa shape index (κ3) is 5.24. The lowest BCUT2D eigenvalue weighted by Gasteiger charge is -2.33. The lowest BCUT2D eigenvalue weighted by atomic mass is 9.98. The molecule has 2 aromatic carbocycles. The van der Waals surface area contributed by atoms with E-state index in [9.17, 15) is 14.0 Å². The highest BCUT2D eigenvalue weighted by Gasteiger charge is 2.31. The molecule has 3 aromatic heterocycles. The highest BCUT2D eigenvalue weighted by molar-refractivity contribution is 6.00. The number of alkyl halides is 1. The first-order chi connectivity index (χ1) is 23.2. The molecule has 0 bridgehead atoms. The molecule has 2 atom stereocenters. The number of aryl methyl sites for hydroxylation is 2. The zero-order chi connectivity index (χ0) is 33.3. The number of fused-ring (bicyclic) bond motifs is 3. The minimum Gasteiger partial charge on any atom is -0.496 e. The van der Waals surface area contributed by atoms with Crippen LogP contribution >= 0.6 is 0 Å². The van der Waals surface area contributed by atoms with Gasteiger partial charge in [0.1, 0.15) is 28.8 Å². The van der Waals surface area contributed by atoms with E-state index in [1.807, 2.05) is 23.7 Å². The Bertz CT molecular complexity index is 2110. The molecular weight excluding hydrogens is 613 g/mol. The largest absolute Gasteiger partial charge is 0.496 e. The standard InChI is InChI=1S/C36H38FN7O4/c1-42-33-28(11-22(13-31(33)48-3)36(46)43-17-23(37)14-24(38)18-43)41-35(42)29-12-21-6-8-26(40-34(21)44(29)16-19-4-5-19)25-10-20-7-9-32(45)39-27(20)15-30(25)47-2/h6,8,10-13,15,19,23-24H,4-5,7,9,14,16-18,38H2,1-3H3,(H,39,45)/t23-,24-/m1/s1. The monoisotopic (exact) mass is 651 g/mol. The molecule has 2 aliphatic heterocycles. The molecule has 1 saturated carbocycles. The van der Waals surface area contributed by atoms with Gasteiger partial charge in [-0.3, -0.25) is 9.59 Å². The SMILES string of the molecule is COc1cc2c(cc1-c1ccc3cc(-c4nc5cc(C(=O)N6C[C@H](N)C[C@@H](F)C6)cc(OC)c5n4C)n(CC4CC4)c3n1)CCC(=O)N2. The van der Waals surface area contributed by atoms with Crippen LogP contribution in [0.1, 0.15) is 41.6 Å². The number of piperidine rings is 1. The fraction of sp³-hybridized carbons (Fsp3) is 0.389. The van der Waals surface area contributed by atoms with Gasteiger partial charge in [0.25, 0.3) is 5.91 Å². The molecule has 3 N–H and O–H groups in total. The lowest BCUT2D eigenvalue weighted by molar-refractivity contribution is -0.116. The number of carbonyl (C=O) groups is 2. The number of nitrogens with two attached hydrogens (primary N) is 1. The number of amides is 2. The molecule has 3 aliphatic rings. The Morgan fingerprint density at radius 3 is 2.60 bits per heavy atom. The molecule has 0 radical (unpaired) electrons. The molecule has 1 aliphatic carbocycles. The Morgan fingerprint density at radius 2 is 1.85 bits per heavy atom. The molecule has 2 amide bonds. The Kier molecular flexibility index (Phi) is 7.35. The summed E-state index contributed by atoms with van der Waals surface area (Å²) in [6.45, 7) is 1.12. The quantitative estimate of drug-likeness (QED) is 0.251. The number of nitrogens with one attached hydrogen (secondary N) is 1. The maximum atomic E-state index is 14.3. The number of imidazole rings is 1. The average molecular weight is 652 g/mol. The number of aromatic nitrogens is 4. The van der Waals surface area contributed by atoms with Crippen LogP contribution in [0, 0.1) is 5.92 Å². The van der Waals surface area contributed by atoms with Gasteiger partial charge in [0.15, 0.2) is 5.82 Å². The van der Waals surface area contributed by atoms with Crippen LogP contribution in [0.5, 0.6) is 11.5 Å². The second kappa shape index (κ2) is 11.6. The van der Waals surface area contributed by atoms with E-state index in [0.29, 0.717) is 47.9 Å². The number of pyridine rings is 1. The fourth-order valence-corrected chi connectivity index (χ4v) is 7.23. The summed E-state index contributed by atoms with van der Waals surface area (Å²) >= 11 is 0. The van der Waals surface area contributed by atoms with Gasteiger partial charge < -0.3 is 34.6 Å². The Balaban J connectivity index is 1.23. The first kappa shape index (κ1) is 30.4. The number of benzene rings is 2. The summed E-state index contributed by atoms with van der Waals surface area (Å²) < 4.78 is 30.1. The van der Waals surface area contributed by atoms with Gasteiger partial charge in [-0.15, -0.1) is 0 Å². The van der Waals surface area contributed by atoms with E-state index >= 15 is 0 Å². The van der Waals surface area contributed by atoms with E-state index in [1.165, 1.54) is 4.90 Å². The molecule has 8 rings (SSSR count). The van der Waals surface area contributed by atoms with E-state index in [4.69, 9.17) is 25.2 Å². The van der Waals surface area contributed by atoms with Gasteiger partial charge in [0.2, 0.25) is 5.91 Å². The highest BCUT2D eigenvalue weighted by atomic mass is 19.1. The number of hydrogen-bond donors (Lipinski definition) is 2. The van der Waals surface area contributed by atoms with Gasteiger partial charge in [-0.05, 0) is 73.6 Å². The van der Waals surface area contributed by atoms with Crippen LogP contribution < -0.4 is 20.5 Å². The topological polar surface area (TPSA) is 130 Å². The van der Waals surface area contributed by atoms with Crippen molar-refractivity contribution < 1.29 is 23.5 Å². The first-order valence-corrected chi connectivity index (χ1v) is 16.5. The van der Waals surface area contributed by atoms with Crippen LogP contribution in [-0.4, -0.2) is 75.3 Å². The van der Waals surface area contributed by atoms with Crippen molar-refractivity contribution >= 4 is 39.6 Å². The summed E-state index contributed by atoms with van der Waals surface area (Å²) in [5, 5.41) is 3.94. The zero-order valence-corrected chi connectivity index (χ0v) is 27.3. The van der Waals surface area contributed by atoms with Crippen LogP contribution in [-0.2, 0) is 24.8 Å². The Hall–Kier alpha value is -4.97. The van der Waals surface area contributed by atoms with Gasteiger partial charge in [-0.1, -0.05) is 0 Å². The Labute approximate surface area is 276 Å². The molecule has 5 aromatic rings. The number of carbonyl (C=O) groups excluding carboxylic acids is 2. The van der Waals surface area contributed by atoms with E-state index in [-0.39, 0.29) is 24.8 Å². The Morgan fingerprint density at radius 1 is 1.04 bits per heavy atom. The number of nitrogens with zero attached hydrogens (tertiary/aromatic N) is 5. The third-order valence-corrected chi connectivity index (χ3v) is 9.83. The molecule has 0 unspecified atom stereocenters. The third-order valence-electron chi connectivity index (χ3n) is 9.83. The van der Waals surface area contributed by atoms with Crippen LogP contribution in [0.15, 0.2) is 42.5 Å². The van der Waals surface area contributed by atoms with Gasteiger partial charge in [-0.2, -0.15) is 0 Å². The van der Waals surface area contributed by atoms with Crippen molar-refractivity contribution in [3.8, 4) is 34.3 Å². The van der Waals surface area contributed by atoms with E-state index < -0.39 is 12.2 Å². The molecule has 12 heteroatoms. The summed E-state index contributed by atoms with van der Waals surface area (Å²) in [5.74, 6) is 2.14. The van der Waals surface area contributed by atoms with Crippen molar-refractivity contribution in [1.29, 1.82) is 0 Å². The second-order valence-corrected chi connectivity index (χ2v) is 13.3. The van der Waals surface area contributed by atoms with Crippen molar-refractivity contribution in [1.82, 2.24) is 24.0 Å². The van der Waals surface area contributed by atoms with Crippen molar-refractivity contribution in [2.75, 3.05) is 32.6 Å². The van der Waals surface area contributed by atoms with Gasteiger partial charge in [0.05, 0.1) is 37.7 Å². The van der Waals surface area contributed by atoms with Crippen LogP contribution in [0.3, 0.4) is 0 Å². The number of hydrogen-bond acceptors (Lipinski definition) is 7. The van der Waals surface area contributed by atoms with E-state index in [1.54, 1.807) is 26.4 Å². The molecule has 48 heavy (non-hydrogen) atoms. The number of likely N-dealkylation sites (tertiary alicyclic amines) is 1.